The molecule has 0 spiro atoms. The van der Waals surface area contributed by atoms with Gasteiger partial charge < -0.3 is 4.57 Å². The summed E-state index contributed by atoms with van der Waals surface area (Å²) in [6.45, 7) is 4.05. The summed E-state index contributed by atoms with van der Waals surface area (Å²) in [4.78, 5) is 28.3. The first-order chi connectivity index (χ1) is 7.99. The molecule has 1 aliphatic carbocycles. The van der Waals surface area contributed by atoms with Gasteiger partial charge in [-0.2, -0.15) is 0 Å². The van der Waals surface area contributed by atoms with E-state index in [1.54, 1.807) is 17.1 Å². The topological polar surface area (TPSA) is 52.0 Å². The molecule has 92 valence electrons. The molecule has 1 heterocycles. The summed E-state index contributed by atoms with van der Waals surface area (Å²) >= 11 is 0. The van der Waals surface area contributed by atoms with Crippen molar-refractivity contribution in [3.63, 3.8) is 0 Å². The number of aromatic nitrogens is 2. The number of carbonyl (C=O) groups is 2. The van der Waals surface area contributed by atoms with Gasteiger partial charge in [0.25, 0.3) is 0 Å². The zero-order valence-corrected chi connectivity index (χ0v) is 10.5. The number of hydrogen-bond acceptors (Lipinski definition) is 3. The van der Waals surface area contributed by atoms with Gasteiger partial charge in [0.15, 0.2) is 5.78 Å². The Balaban J connectivity index is 2.21. The molecule has 17 heavy (non-hydrogen) atoms. The zero-order chi connectivity index (χ0) is 12.6. The average molecular weight is 234 g/mol. The van der Waals surface area contributed by atoms with E-state index < -0.39 is 5.92 Å². The molecule has 1 saturated carbocycles. The van der Waals surface area contributed by atoms with Crippen LogP contribution in [0.2, 0.25) is 0 Å². The summed E-state index contributed by atoms with van der Waals surface area (Å²) in [5, 5.41) is 0. The molecule has 3 unspecified atom stereocenters. The predicted molar refractivity (Wildman–Crippen MR) is 63.6 cm³/mol. The molecule has 0 bridgehead atoms. The van der Waals surface area contributed by atoms with Crippen LogP contribution in [0.1, 0.15) is 37.2 Å². The van der Waals surface area contributed by atoms with Crippen molar-refractivity contribution in [3.05, 3.63) is 18.2 Å². The molecule has 0 amide bonds. The summed E-state index contributed by atoms with van der Waals surface area (Å²) in [5.41, 5.74) is 0.409. The molecule has 0 aliphatic heterocycles. The monoisotopic (exact) mass is 234 g/mol. The molecule has 4 heteroatoms. The molecular weight excluding hydrogens is 216 g/mol. The van der Waals surface area contributed by atoms with Crippen LogP contribution >= 0.6 is 0 Å². The smallest absolute Gasteiger partial charge is 0.193 e. The zero-order valence-electron chi connectivity index (χ0n) is 10.5. The van der Waals surface area contributed by atoms with Gasteiger partial charge in [0, 0.05) is 19.7 Å². The summed E-state index contributed by atoms with van der Waals surface area (Å²) in [6, 6.07) is 0. The number of ketones is 2. The maximum Gasteiger partial charge on any atom is 0.193 e. The van der Waals surface area contributed by atoms with E-state index in [0.29, 0.717) is 18.0 Å². The minimum absolute atomic E-state index is 0.0758. The van der Waals surface area contributed by atoms with E-state index in [1.165, 1.54) is 0 Å². The third kappa shape index (κ3) is 2.30. The molecule has 0 saturated heterocycles. The average Bonchev–Trinajstić information content (AvgIpc) is 2.63. The highest BCUT2D eigenvalue weighted by Crippen LogP contribution is 2.32. The van der Waals surface area contributed by atoms with E-state index in [9.17, 15) is 9.59 Å². The van der Waals surface area contributed by atoms with Crippen LogP contribution in [0, 0.1) is 17.8 Å². The van der Waals surface area contributed by atoms with Crippen molar-refractivity contribution in [2.45, 2.75) is 26.7 Å². The Hall–Kier alpha value is -1.45. The second-order valence-electron chi connectivity index (χ2n) is 5.25. The third-order valence-corrected chi connectivity index (χ3v) is 3.48. The first kappa shape index (κ1) is 12.0. The third-order valence-electron chi connectivity index (χ3n) is 3.48. The highest BCUT2D eigenvalue weighted by molar-refractivity contribution is 6.10. The van der Waals surface area contributed by atoms with Gasteiger partial charge in [-0.15, -0.1) is 0 Å². The maximum atomic E-state index is 12.2. The Kier molecular flexibility index (Phi) is 3.13. The van der Waals surface area contributed by atoms with E-state index in [2.05, 4.69) is 11.9 Å². The number of aryl methyl sites for hydroxylation is 1. The molecule has 1 aromatic rings. The molecule has 1 aliphatic rings. The van der Waals surface area contributed by atoms with Gasteiger partial charge in [0.05, 0.1) is 12.2 Å². The Morgan fingerprint density at radius 3 is 2.71 bits per heavy atom. The van der Waals surface area contributed by atoms with Crippen molar-refractivity contribution >= 4 is 11.6 Å². The van der Waals surface area contributed by atoms with Crippen molar-refractivity contribution in [2.75, 3.05) is 0 Å². The predicted octanol–water partition coefficient (Wildman–Crippen LogP) is 1.85. The first-order valence-electron chi connectivity index (χ1n) is 6.04. The number of rotatable bonds is 2. The molecule has 0 radical (unpaired) electrons. The van der Waals surface area contributed by atoms with Crippen molar-refractivity contribution in [2.24, 2.45) is 24.8 Å². The second kappa shape index (κ2) is 4.43. The van der Waals surface area contributed by atoms with Crippen LogP contribution in [0.5, 0.6) is 0 Å². The molecule has 1 fully saturated rings. The van der Waals surface area contributed by atoms with Gasteiger partial charge >= 0.3 is 0 Å². The van der Waals surface area contributed by atoms with Gasteiger partial charge in [-0.05, 0) is 18.3 Å². The molecule has 0 aromatic carbocycles. The van der Waals surface area contributed by atoms with Crippen LogP contribution in [0.25, 0.3) is 0 Å². The molecule has 4 nitrogen and oxygen atoms in total. The fourth-order valence-corrected chi connectivity index (χ4v) is 2.75. The first-order valence-corrected chi connectivity index (χ1v) is 6.04. The minimum Gasteiger partial charge on any atom is -0.340 e. The maximum absolute atomic E-state index is 12.2. The lowest BCUT2D eigenvalue weighted by atomic mass is 9.72. The van der Waals surface area contributed by atoms with Crippen LogP contribution in [0.4, 0.5) is 0 Å². The van der Waals surface area contributed by atoms with Gasteiger partial charge in [-0.1, -0.05) is 13.8 Å². The van der Waals surface area contributed by atoms with Crippen molar-refractivity contribution in [3.8, 4) is 0 Å². The Bertz CT molecular complexity index is 450. The molecule has 0 N–H and O–H groups in total. The SMILES string of the molecule is CC1CC(=O)C(C(=O)c2cn(C)cn2)C(C)C1. The van der Waals surface area contributed by atoms with Crippen LogP contribution in [0.3, 0.4) is 0 Å². The Labute approximate surface area is 101 Å². The molecule has 3 atom stereocenters. The van der Waals surface area contributed by atoms with E-state index in [-0.39, 0.29) is 17.5 Å². The Morgan fingerprint density at radius 1 is 1.47 bits per heavy atom. The summed E-state index contributed by atoms with van der Waals surface area (Å²) in [6.07, 6.45) is 4.73. The fraction of sp³-hybridized carbons (Fsp3) is 0.615. The quantitative estimate of drug-likeness (QED) is 0.579. The van der Waals surface area contributed by atoms with Crippen LogP contribution in [-0.4, -0.2) is 21.1 Å². The number of nitrogens with zero attached hydrogens (tertiary/aromatic N) is 2. The van der Waals surface area contributed by atoms with E-state index >= 15 is 0 Å². The van der Waals surface area contributed by atoms with Crippen LogP contribution < -0.4 is 0 Å². The van der Waals surface area contributed by atoms with E-state index in [1.807, 2.05) is 14.0 Å². The normalized spacial score (nSPS) is 29.4. The number of hydrogen-bond donors (Lipinski definition) is 0. The lowest BCUT2D eigenvalue weighted by Crippen LogP contribution is -2.36. The lowest BCUT2D eigenvalue weighted by Gasteiger charge is -2.29. The van der Waals surface area contributed by atoms with Gasteiger partial charge in [-0.25, -0.2) is 4.98 Å². The minimum atomic E-state index is -0.485. The van der Waals surface area contributed by atoms with E-state index in [4.69, 9.17) is 0 Å². The van der Waals surface area contributed by atoms with Crippen molar-refractivity contribution in [1.82, 2.24) is 9.55 Å². The lowest BCUT2D eigenvalue weighted by molar-refractivity contribution is -0.125. The highest BCUT2D eigenvalue weighted by atomic mass is 16.2. The summed E-state index contributed by atoms with van der Waals surface area (Å²) < 4.78 is 1.73. The van der Waals surface area contributed by atoms with Gasteiger partial charge in [0.2, 0.25) is 0 Å². The van der Waals surface area contributed by atoms with Crippen LogP contribution in [-0.2, 0) is 11.8 Å². The van der Waals surface area contributed by atoms with Crippen LogP contribution in [0.15, 0.2) is 12.5 Å². The fourth-order valence-electron chi connectivity index (χ4n) is 2.75. The molecule has 2 rings (SSSR count). The van der Waals surface area contributed by atoms with Crippen molar-refractivity contribution in [1.29, 1.82) is 0 Å². The number of Topliss-reactive ketones (excluding diaryl/α,β-unsaturated/α-hetero) is 2. The number of imidazole rings is 1. The molecule has 1 aromatic heterocycles. The Morgan fingerprint density at radius 2 is 2.18 bits per heavy atom. The highest BCUT2D eigenvalue weighted by Gasteiger charge is 2.38. The summed E-state index contributed by atoms with van der Waals surface area (Å²) in [5.74, 6) is -0.00552. The molecular formula is C13H18N2O2. The summed E-state index contributed by atoms with van der Waals surface area (Å²) in [7, 11) is 1.82. The van der Waals surface area contributed by atoms with Crippen molar-refractivity contribution < 1.29 is 9.59 Å². The van der Waals surface area contributed by atoms with Gasteiger partial charge in [-0.3, -0.25) is 9.59 Å². The second-order valence-corrected chi connectivity index (χ2v) is 5.25. The number of carbonyl (C=O) groups excluding carboxylic acids is 2. The largest absolute Gasteiger partial charge is 0.340 e. The van der Waals surface area contributed by atoms with Gasteiger partial charge in [0.1, 0.15) is 11.5 Å². The van der Waals surface area contributed by atoms with E-state index in [0.717, 1.165) is 6.42 Å². The standard InChI is InChI=1S/C13H18N2O2/c1-8-4-9(2)12(11(16)5-8)13(17)10-6-15(3)7-14-10/h6-9,12H,4-5H2,1-3H3.